The second kappa shape index (κ2) is 5.82. The molecule has 0 radical (unpaired) electrons. The third-order valence-corrected chi connectivity index (χ3v) is 6.46. The largest absolute Gasteiger partial charge is 0.316 e. The van der Waals surface area contributed by atoms with Crippen LogP contribution in [0.25, 0.3) is 0 Å². The van der Waals surface area contributed by atoms with Crippen molar-refractivity contribution in [3.05, 3.63) is 11.3 Å². The fourth-order valence-corrected chi connectivity index (χ4v) is 5.07. The average molecular weight is 304 g/mol. The molecule has 0 amide bonds. The van der Waals surface area contributed by atoms with Crippen molar-refractivity contribution in [3.8, 4) is 0 Å². The minimum Gasteiger partial charge on any atom is -0.316 e. The van der Waals surface area contributed by atoms with Crippen molar-refractivity contribution >= 4 is 21.8 Å². The average Bonchev–Trinajstić information content (AvgIpc) is 3.00. The smallest absolute Gasteiger partial charge is 0.262 e. The molecule has 108 valence electrons. The zero-order chi connectivity index (χ0) is 14.0. The number of nitrogens with zero attached hydrogens (tertiary/aromatic N) is 2. The van der Waals surface area contributed by atoms with Crippen LogP contribution >= 0.6 is 11.8 Å². The normalized spacial score (nSPS) is 20.3. The second-order valence-corrected chi connectivity index (χ2v) is 7.76. The molecule has 8 heteroatoms. The van der Waals surface area contributed by atoms with Gasteiger partial charge in [-0.05, 0) is 26.1 Å². The van der Waals surface area contributed by atoms with Crippen molar-refractivity contribution in [3.63, 3.8) is 0 Å². The minimum atomic E-state index is -3.52. The molecule has 1 fully saturated rings. The molecule has 2 N–H and O–H groups in total. The van der Waals surface area contributed by atoms with Crippen LogP contribution in [0.2, 0.25) is 0 Å². The van der Waals surface area contributed by atoms with Crippen molar-refractivity contribution in [1.29, 1.82) is 0 Å². The first-order valence-corrected chi connectivity index (χ1v) is 8.82. The molecule has 1 unspecified atom stereocenters. The van der Waals surface area contributed by atoms with Gasteiger partial charge in [0.1, 0.15) is 0 Å². The summed E-state index contributed by atoms with van der Waals surface area (Å²) in [6.45, 7) is 2.33. The first-order chi connectivity index (χ1) is 8.98. The van der Waals surface area contributed by atoms with Crippen molar-refractivity contribution in [2.75, 3.05) is 25.6 Å². The van der Waals surface area contributed by atoms with E-state index in [-0.39, 0.29) is 11.1 Å². The lowest BCUT2D eigenvalue weighted by Crippen LogP contribution is -2.37. The molecule has 0 aromatic carbocycles. The second-order valence-electron chi connectivity index (χ2n) is 4.70. The van der Waals surface area contributed by atoms with Crippen LogP contribution in [0.1, 0.15) is 17.7 Å². The number of aryl methyl sites for hydroxylation is 1. The fourth-order valence-electron chi connectivity index (χ4n) is 2.17. The first kappa shape index (κ1) is 14.8. The standard InChI is InChI=1S/C11H20N4O2S2/c1-8-10(6-12-2)11(14-13-8)19(16,17)15(3)9-4-5-18-7-9/h9,12H,4-7H2,1-3H3,(H,13,14). The molecule has 1 saturated heterocycles. The summed E-state index contributed by atoms with van der Waals surface area (Å²) in [6.07, 6.45) is 0.908. The molecule has 0 saturated carbocycles. The van der Waals surface area contributed by atoms with Gasteiger partial charge in [0.05, 0.1) is 0 Å². The minimum absolute atomic E-state index is 0.0782. The molecule has 2 heterocycles. The van der Waals surface area contributed by atoms with E-state index in [1.165, 1.54) is 4.31 Å². The number of hydrogen-bond donors (Lipinski definition) is 2. The Morgan fingerprint density at radius 1 is 1.58 bits per heavy atom. The molecule has 0 aliphatic carbocycles. The number of thioether (sulfide) groups is 1. The lowest BCUT2D eigenvalue weighted by atomic mass is 10.3. The number of aromatic amines is 1. The Morgan fingerprint density at radius 3 is 2.89 bits per heavy atom. The van der Waals surface area contributed by atoms with E-state index >= 15 is 0 Å². The maximum Gasteiger partial charge on any atom is 0.262 e. The van der Waals surface area contributed by atoms with Crippen LogP contribution in [-0.4, -0.2) is 54.6 Å². The summed E-state index contributed by atoms with van der Waals surface area (Å²) < 4.78 is 26.7. The Morgan fingerprint density at radius 2 is 2.32 bits per heavy atom. The van der Waals surface area contributed by atoms with Gasteiger partial charge in [0.2, 0.25) is 0 Å². The summed E-state index contributed by atoms with van der Waals surface area (Å²) in [6, 6.07) is 0.0782. The summed E-state index contributed by atoms with van der Waals surface area (Å²) in [4.78, 5) is 0. The predicted molar refractivity (Wildman–Crippen MR) is 76.8 cm³/mol. The number of sulfonamides is 1. The number of H-pyrrole nitrogens is 1. The van der Waals surface area contributed by atoms with Gasteiger partial charge in [-0.3, -0.25) is 5.10 Å². The van der Waals surface area contributed by atoms with Gasteiger partial charge in [0, 0.05) is 36.6 Å². The van der Waals surface area contributed by atoms with Crippen molar-refractivity contribution in [2.45, 2.75) is 31.0 Å². The number of rotatable bonds is 5. The van der Waals surface area contributed by atoms with Crippen molar-refractivity contribution in [2.24, 2.45) is 0 Å². The maximum absolute atomic E-state index is 12.6. The Balaban J connectivity index is 2.33. The van der Waals surface area contributed by atoms with E-state index in [4.69, 9.17) is 0 Å². The van der Waals surface area contributed by atoms with E-state index < -0.39 is 10.0 Å². The van der Waals surface area contributed by atoms with Gasteiger partial charge in [-0.1, -0.05) is 0 Å². The van der Waals surface area contributed by atoms with Gasteiger partial charge in [0.25, 0.3) is 10.0 Å². The van der Waals surface area contributed by atoms with E-state index in [0.29, 0.717) is 6.54 Å². The van der Waals surface area contributed by atoms with E-state index in [0.717, 1.165) is 29.2 Å². The molecular formula is C11H20N4O2S2. The Bertz CT molecular complexity index is 535. The topological polar surface area (TPSA) is 78.1 Å². The summed E-state index contributed by atoms with van der Waals surface area (Å²) in [5.41, 5.74) is 1.52. The molecular weight excluding hydrogens is 284 g/mol. The molecule has 1 aliphatic heterocycles. The van der Waals surface area contributed by atoms with Gasteiger partial charge in [-0.25, -0.2) is 8.42 Å². The molecule has 1 aromatic rings. The molecule has 6 nitrogen and oxygen atoms in total. The Labute approximate surface area is 118 Å². The summed E-state index contributed by atoms with van der Waals surface area (Å²) in [5.74, 6) is 1.88. The van der Waals surface area contributed by atoms with Crippen LogP contribution in [0.5, 0.6) is 0 Å². The Hall–Kier alpha value is -0.570. The molecule has 1 atom stereocenters. The van der Waals surface area contributed by atoms with Gasteiger partial charge < -0.3 is 5.32 Å². The highest BCUT2D eigenvalue weighted by molar-refractivity contribution is 7.99. The van der Waals surface area contributed by atoms with E-state index in [1.54, 1.807) is 25.9 Å². The van der Waals surface area contributed by atoms with Crippen molar-refractivity contribution < 1.29 is 8.42 Å². The molecule has 19 heavy (non-hydrogen) atoms. The van der Waals surface area contributed by atoms with Gasteiger partial charge >= 0.3 is 0 Å². The van der Waals surface area contributed by atoms with Gasteiger partial charge in [-0.15, -0.1) is 0 Å². The van der Waals surface area contributed by atoms with Crippen LogP contribution in [0.3, 0.4) is 0 Å². The lowest BCUT2D eigenvalue weighted by Gasteiger charge is -2.22. The molecule has 2 rings (SSSR count). The zero-order valence-corrected chi connectivity index (χ0v) is 13.1. The van der Waals surface area contributed by atoms with E-state index in [2.05, 4.69) is 15.5 Å². The van der Waals surface area contributed by atoms with Crippen LogP contribution in [-0.2, 0) is 16.6 Å². The quantitative estimate of drug-likeness (QED) is 0.831. The predicted octanol–water partition coefficient (Wildman–Crippen LogP) is 0.564. The van der Waals surface area contributed by atoms with Crippen molar-refractivity contribution in [1.82, 2.24) is 19.8 Å². The summed E-state index contributed by atoms with van der Waals surface area (Å²) in [5, 5.41) is 9.91. The molecule has 0 spiro atoms. The molecule has 0 bridgehead atoms. The van der Waals surface area contributed by atoms with Crippen LogP contribution in [0.4, 0.5) is 0 Å². The van der Waals surface area contributed by atoms with E-state index in [9.17, 15) is 8.42 Å². The lowest BCUT2D eigenvalue weighted by molar-refractivity contribution is 0.392. The number of hydrogen-bond acceptors (Lipinski definition) is 5. The first-order valence-electron chi connectivity index (χ1n) is 6.22. The zero-order valence-electron chi connectivity index (χ0n) is 11.4. The maximum atomic E-state index is 12.6. The van der Waals surface area contributed by atoms with E-state index in [1.807, 2.05) is 6.92 Å². The molecule has 1 aromatic heterocycles. The highest BCUT2D eigenvalue weighted by atomic mass is 32.2. The highest BCUT2D eigenvalue weighted by Crippen LogP contribution is 2.27. The summed E-state index contributed by atoms with van der Waals surface area (Å²) >= 11 is 1.79. The summed E-state index contributed by atoms with van der Waals surface area (Å²) in [7, 11) is -0.0731. The van der Waals surface area contributed by atoms with Crippen LogP contribution in [0, 0.1) is 6.92 Å². The number of nitrogens with one attached hydrogen (secondary N) is 2. The van der Waals surface area contributed by atoms with Gasteiger partial charge in [0.15, 0.2) is 5.03 Å². The highest BCUT2D eigenvalue weighted by Gasteiger charge is 2.34. The monoisotopic (exact) mass is 304 g/mol. The fraction of sp³-hybridized carbons (Fsp3) is 0.727. The Kier molecular flexibility index (Phi) is 4.54. The molecule has 1 aliphatic rings. The third-order valence-electron chi connectivity index (χ3n) is 3.43. The number of aromatic nitrogens is 2. The van der Waals surface area contributed by atoms with Gasteiger partial charge in [-0.2, -0.15) is 21.2 Å². The third kappa shape index (κ3) is 2.81. The van der Waals surface area contributed by atoms with Crippen LogP contribution < -0.4 is 5.32 Å². The van der Waals surface area contributed by atoms with Crippen LogP contribution in [0.15, 0.2) is 5.03 Å². The SMILES string of the molecule is CNCc1c(S(=O)(=O)N(C)C2CCSC2)n[nH]c1C.